The number of carbonyl (C=O) groups excluding carboxylic acids is 1. The molecule has 0 atom stereocenters. The molecule has 2 aromatic rings. The van der Waals surface area contributed by atoms with Gasteiger partial charge in [0.15, 0.2) is 5.69 Å². The van der Waals surface area contributed by atoms with Gasteiger partial charge >= 0.3 is 0 Å². The molecule has 1 saturated heterocycles. The maximum atomic E-state index is 12.3. The molecule has 3 rings (SSSR count). The van der Waals surface area contributed by atoms with Crippen molar-refractivity contribution in [3.63, 3.8) is 0 Å². The van der Waals surface area contributed by atoms with E-state index in [1.165, 1.54) is 0 Å². The molecule has 8 heteroatoms. The van der Waals surface area contributed by atoms with Gasteiger partial charge in [0.1, 0.15) is 0 Å². The Bertz CT molecular complexity index is 617. The molecule has 0 aliphatic carbocycles. The van der Waals surface area contributed by atoms with Gasteiger partial charge < -0.3 is 10.2 Å². The molecule has 1 amide bonds. The Labute approximate surface area is 120 Å². The number of carbonyl (C=O) groups is 1. The number of nitrogens with one attached hydrogen (secondary N) is 1. The average molecular weight is 292 g/mol. The molecule has 0 radical (unpaired) electrons. The fourth-order valence-corrected chi connectivity index (χ4v) is 2.84. The third-order valence-corrected chi connectivity index (χ3v) is 4.17. The van der Waals surface area contributed by atoms with Gasteiger partial charge in [-0.1, -0.05) is 5.21 Å². The molecular weight excluding hydrogens is 276 g/mol. The lowest BCUT2D eigenvalue weighted by Gasteiger charge is -2.26. The number of thiazole rings is 1. The van der Waals surface area contributed by atoms with E-state index in [9.17, 15) is 4.79 Å². The minimum Gasteiger partial charge on any atom is -0.335 e. The highest BCUT2D eigenvalue weighted by atomic mass is 32.1. The lowest BCUT2D eigenvalue weighted by atomic mass is 10.2. The number of hydrogen-bond donors (Lipinski definition) is 1. The van der Waals surface area contributed by atoms with Crippen LogP contribution >= 0.6 is 11.3 Å². The molecule has 20 heavy (non-hydrogen) atoms. The predicted octanol–water partition coefficient (Wildman–Crippen LogP) is 0.460. The summed E-state index contributed by atoms with van der Waals surface area (Å²) in [4.78, 5) is 19.2. The van der Waals surface area contributed by atoms with E-state index in [-0.39, 0.29) is 5.91 Å². The van der Waals surface area contributed by atoms with Crippen LogP contribution in [0.5, 0.6) is 0 Å². The van der Waals surface area contributed by atoms with Gasteiger partial charge in [0, 0.05) is 31.2 Å². The molecule has 1 aliphatic heterocycles. The van der Waals surface area contributed by atoms with Gasteiger partial charge in [-0.05, 0) is 6.92 Å². The summed E-state index contributed by atoms with van der Waals surface area (Å²) in [5.41, 5.74) is 0.389. The van der Waals surface area contributed by atoms with E-state index < -0.39 is 0 Å². The van der Waals surface area contributed by atoms with Crippen LogP contribution in [0.2, 0.25) is 0 Å². The van der Waals surface area contributed by atoms with E-state index in [0.717, 1.165) is 23.0 Å². The van der Waals surface area contributed by atoms with Crippen LogP contribution in [0, 0.1) is 6.92 Å². The Morgan fingerprint density at radius 3 is 3.00 bits per heavy atom. The molecule has 0 spiro atoms. The van der Waals surface area contributed by atoms with Crippen molar-refractivity contribution >= 4 is 17.2 Å². The van der Waals surface area contributed by atoms with Crippen molar-refractivity contribution in [3.8, 4) is 0 Å². The molecule has 1 N–H and O–H groups in total. The third-order valence-electron chi connectivity index (χ3n) is 3.27. The van der Waals surface area contributed by atoms with Crippen molar-refractivity contribution in [2.45, 2.75) is 19.5 Å². The van der Waals surface area contributed by atoms with Crippen LogP contribution in [0.25, 0.3) is 0 Å². The van der Waals surface area contributed by atoms with Crippen LogP contribution in [-0.2, 0) is 6.54 Å². The summed E-state index contributed by atoms with van der Waals surface area (Å²) in [7, 11) is 1.77. The summed E-state index contributed by atoms with van der Waals surface area (Å²) < 4.78 is 1.76. The van der Waals surface area contributed by atoms with Crippen molar-refractivity contribution < 1.29 is 4.79 Å². The van der Waals surface area contributed by atoms with Crippen LogP contribution in [0.4, 0.5) is 0 Å². The van der Waals surface area contributed by atoms with E-state index >= 15 is 0 Å². The number of hydrogen-bond acceptors (Lipinski definition) is 6. The number of rotatable bonds is 4. The summed E-state index contributed by atoms with van der Waals surface area (Å²) in [6, 6.07) is 0.318. The number of nitrogens with zero attached hydrogens (tertiary/aromatic N) is 5. The second-order valence-corrected chi connectivity index (χ2v) is 6.22. The Hall–Kier alpha value is -1.80. The zero-order valence-electron chi connectivity index (χ0n) is 11.4. The second-order valence-electron chi connectivity index (χ2n) is 4.90. The molecule has 7 nitrogen and oxygen atoms in total. The van der Waals surface area contributed by atoms with Gasteiger partial charge in [0.25, 0.3) is 5.91 Å². The van der Waals surface area contributed by atoms with E-state index in [2.05, 4.69) is 20.6 Å². The van der Waals surface area contributed by atoms with Crippen LogP contribution in [0.1, 0.15) is 26.4 Å². The predicted molar refractivity (Wildman–Crippen MR) is 74.6 cm³/mol. The maximum Gasteiger partial charge on any atom is 0.276 e. The SMILES string of the molecule is Cc1ncc(CN(C)C(=O)c2cn(C3CNC3)nn2)s1. The maximum absolute atomic E-state index is 12.3. The fourth-order valence-electron chi connectivity index (χ4n) is 1.99. The zero-order chi connectivity index (χ0) is 14.1. The topological polar surface area (TPSA) is 75.9 Å². The molecule has 0 unspecified atom stereocenters. The Morgan fingerprint density at radius 2 is 2.40 bits per heavy atom. The minimum atomic E-state index is -0.116. The minimum absolute atomic E-state index is 0.116. The van der Waals surface area contributed by atoms with Crippen molar-refractivity contribution in [2.75, 3.05) is 20.1 Å². The quantitative estimate of drug-likeness (QED) is 0.886. The Morgan fingerprint density at radius 1 is 1.60 bits per heavy atom. The van der Waals surface area contributed by atoms with Crippen LogP contribution in [-0.4, -0.2) is 50.9 Å². The van der Waals surface area contributed by atoms with Gasteiger partial charge in [-0.15, -0.1) is 16.4 Å². The van der Waals surface area contributed by atoms with Gasteiger partial charge in [-0.25, -0.2) is 9.67 Å². The normalized spacial score (nSPS) is 15.1. The van der Waals surface area contributed by atoms with E-state index in [1.54, 1.807) is 40.4 Å². The monoisotopic (exact) mass is 292 g/mol. The zero-order valence-corrected chi connectivity index (χ0v) is 12.2. The molecule has 1 aliphatic rings. The van der Waals surface area contributed by atoms with Crippen LogP contribution < -0.4 is 5.32 Å². The molecule has 0 aromatic carbocycles. The molecule has 106 valence electrons. The molecule has 3 heterocycles. The van der Waals surface area contributed by atoms with Gasteiger partial charge in [0.2, 0.25) is 0 Å². The molecule has 0 bridgehead atoms. The smallest absolute Gasteiger partial charge is 0.276 e. The number of aryl methyl sites for hydroxylation is 1. The first kappa shape index (κ1) is 13.2. The lowest BCUT2D eigenvalue weighted by molar-refractivity contribution is 0.0780. The van der Waals surface area contributed by atoms with Crippen molar-refractivity contribution in [2.24, 2.45) is 0 Å². The Balaban J connectivity index is 1.66. The highest BCUT2D eigenvalue weighted by molar-refractivity contribution is 7.11. The first-order valence-electron chi connectivity index (χ1n) is 6.43. The molecule has 0 saturated carbocycles. The summed E-state index contributed by atoms with van der Waals surface area (Å²) in [5.74, 6) is -0.116. The standard InChI is InChI=1S/C12H16N6OS/c1-8-14-5-10(20-8)6-17(2)12(19)11-7-18(16-15-11)9-3-13-4-9/h5,7,9,13H,3-4,6H2,1-2H3. The highest BCUT2D eigenvalue weighted by Crippen LogP contribution is 2.15. The van der Waals surface area contributed by atoms with Crippen molar-refractivity contribution in [1.29, 1.82) is 0 Å². The van der Waals surface area contributed by atoms with Crippen LogP contribution in [0.15, 0.2) is 12.4 Å². The van der Waals surface area contributed by atoms with Crippen molar-refractivity contribution in [1.82, 2.24) is 30.2 Å². The first-order chi connectivity index (χ1) is 9.63. The molecular formula is C12H16N6OS. The largest absolute Gasteiger partial charge is 0.335 e. The highest BCUT2D eigenvalue weighted by Gasteiger charge is 2.23. The second kappa shape index (κ2) is 5.29. The van der Waals surface area contributed by atoms with E-state index in [0.29, 0.717) is 18.3 Å². The average Bonchev–Trinajstić information content (AvgIpc) is 2.96. The Kier molecular flexibility index (Phi) is 3.49. The van der Waals surface area contributed by atoms with E-state index in [4.69, 9.17) is 0 Å². The van der Waals surface area contributed by atoms with Gasteiger partial charge in [-0.3, -0.25) is 4.79 Å². The summed E-state index contributed by atoms with van der Waals surface area (Å²) >= 11 is 1.60. The molecule has 1 fully saturated rings. The molecule has 2 aromatic heterocycles. The lowest BCUT2D eigenvalue weighted by Crippen LogP contribution is -2.43. The fraction of sp³-hybridized carbons (Fsp3) is 0.500. The van der Waals surface area contributed by atoms with Crippen molar-refractivity contribution in [3.05, 3.63) is 28.0 Å². The summed E-state index contributed by atoms with van der Waals surface area (Å²) in [5, 5.41) is 12.2. The first-order valence-corrected chi connectivity index (χ1v) is 7.24. The number of aromatic nitrogens is 4. The summed E-state index contributed by atoms with van der Waals surface area (Å²) in [6.45, 7) is 4.26. The van der Waals surface area contributed by atoms with Gasteiger partial charge in [0.05, 0.1) is 23.8 Å². The number of amides is 1. The van der Waals surface area contributed by atoms with Gasteiger partial charge in [-0.2, -0.15) is 0 Å². The third kappa shape index (κ3) is 2.56. The van der Waals surface area contributed by atoms with E-state index in [1.807, 2.05) is 6.92 Å². The summed E-state index contributed by atoms with van der Waals surface area (Å²) in [6.07, 6.45) is 3.53. The van der Waals surface area contributed by atoms with Crippen LogP contribution in [0.3, 0.4) is 0 Å².